The van der Waals surface area contributed by atoms with Crippen LogP contribution in [0.1, 0.15) is 11.3 Å². The fourth-order valence-corrected chi connectivity index (χ4v) is 3.18. The zero-order valence-corrected chi connectivity index (χ0v) is 13.0. The van der Waals surface area contributed by atoms with Gasteiger partial charge in [-0.05, 0) is 50.3 Å². The number of aromatic nitrogens is 2. The molecule has 0 saturated heterocycles. The van der Waals surface area contributed by atoms with E-state index < -0.39 is 0 Å². The highest BCUT2D eigenvalue weighted by atomic mass is 15.1. The summed E-state index contributed by atoms with van der Waals surface area (Å²) in [6.07, 6.45) is 3.19. The van der Waals surface area contributed by atoms with Crippen LogP contribution >= 0.6 is 0 Å². The maximum Gasteiger partial charge on any atom is 0.137 e. The Labute approximate surface area is 130 Å². The number of nitrogens with one attached hydrogen (secondary N) is 1. The number of hydrogen-bond donors (Lipinski definition) is 1. The van der Waals surface area contributed by atoms with E-state index >= 15 is 0 Å². The minimum absolute atomic E-state index is 0.871. The Balaban J connectivity index is 1.90. The van der Waals surface area contributed by atoms with Gasteiger partial charge >= 0.3 is 0 Å². The van der Waals surface area contributed by atoms with E-state index in [0.29, 0.717) is 0 Å². The Morgan fingerprint density at radius 3 is 3.00 bits per heavy atom. The second-order valence-corrected chi connectivity index (χ2v) is 6.12. The first kappa shape index (κ1) is 13.3. The highest BCUT2D eigenvalue weighted by Crippen LogP contribution is 2.30. The molecular formula is C18H20N4. The van der Waals surface area contributed by atoms with Gasteiger partial charge in [-0.3, -0.25) is 0 Å². The summed E-state index contributed by atoms with van der Waals surface area (Å²) in [6, 6.07) is 12.8. The van der Waals surface area contributed by atoms with Crippen molar-refractivity contribution in [1.82, 2.24) is 14.3 Å². The largest absolute Gasteiger partial charge is 0.384 e. The Morgan fingerprint density at radius 1 is 1.23 bits per heavy atom. The number of pyridine rings is 1. The molecule has 0 amide bonds. The van der Waals surface area contributed by atoms with Gasteiger partial charge < -0.3 is 14.6 Å². The fourth-order valence-electron chi connectivity index (χ4n) is 3.18. The predicted octanol–water partition coefficient (Wildman–Crippen LogP) is 3.03. The van der Waals surface area contributed by atoms with Gasteiger partial charge in [0.1, 0.15) is 5.65 Å². The molecule has 0 fully saturated rings. The van der Waals surface area contributed by atoms with E-state index in [2.05, 4.69) is 65.2 Å². The van der Waals surface area contributed by atoms with E-state index in [1.54, 1.807) is 0 Å². The molecule has 0 saturated carbocycles. The summed E-state index contributed by atoms with van der Waals surface area (Å²) in [4.78, 5) is 7.07. The summed E-state index contributed by atoms with van der Waals surface area (Å²) < 4.78 is 2.20. The number of hydrogen-bond acceptors (Lipinski definition) is 3. The molecule has 1 N–H and O–H groups in total. The summed E-state index contributed by atoms with van der Waals surface area (Å²) in [5, 5.41) is 3.42. The van der Waals surface area contributed by atoms with Crippen molar-refractivity contribution in [2.75, 3.05) is 26.0 Å². The van der Waals surface area contributed by atoms with Crippen LogP contribution in [0.2, 0.25) is 0 Å². The van der Waals surface area contributed by atoms with Crippen LogP contribution in [0.3, 0.4) is 0 Å². The first-order valence-electron chi connectivity index (χ1n) is 7.70. The van der Waals surface area contributed by atoms with Crippen LogP contribution in [0.5, 0.6) is 0 Å². The van der Waals surface area contributed by atoms with Gasteiger partial charge in [-0.25, -0.2) is 4.98 Å². The molecule has 1 aromatic carbocycles. The maximum absolute atomic E-state index is 4.88. The molecule has 1 aliphatic rings. The zero-order valence-electron chi connectivity index (χ0n) is 13.0. The molecule has 3 aromatic rings. The van der Waals surface area contributed by atoms with Crippen molar-refractivity contribution in [1.29, 1.82) is 0 Å². The number of rotatable bonds is 3. The van der Waals surface area contributed by atoms with Gasteiger partial charge in [-0.2, -0.15) is 0 Å². The average Bonchev–Trinajstić information content (AvgIpc) is 3.11. The lowest BCUT2D eigenvalue weighted by Gasteiger charge is -2.12. The van der Waals surface area contributed by atoms with Crippen molar-refractivity contribution < 1.29 is 0 Å². The lowest BCUT2D eigenvalue weighted by molar-refractivity contribution is 0.396. The molecular weight excluding hydrogens is 272 g/mol. The minimum Gasteiger partial charge on any atom is -0.384 e. The molecule has 1 aliphatic heterocycles. The van der Waals surface area contributed by atoms with Crippen molar-refractivity contribution in [2.45, 2.75) is 13.0 Å². The summed E-state index contributed by atoms with van der Waals surface area (Å²) in [5.41, 5.74) is 7.21. The van der Waals surface area contributed by atoms with E-state index in [4.69, 9.17) is 4.98 Å². The van der Waals surface area contributed by atoms with Gasteiger partial charge in [0, 0.05) is 30.5 Å². The summed E-state index contributed by atoms with van der Waals surface area (Å²) >= 11 is 0. The molecule has 4 nitrogen and oxygen atoms in total. The summed E-state index contributed by atoms with van der Waals surface area (Å²) in [5.74, 6) is 0. The van der Waals surface area contributed by atoms with E-state index in [-0.39, 0.29) is 0 Å². The SMILES string of the molecule is CN(C)Cc1c(-c2ccc3c(c2)CCN3)nc2ccccn12. The topological polar surface area (TPSA) is 32.6 Å². The normalized spacial score (nSPS) is 13.6. The van der Waals surface area contributed by atoms with Gasteiger partial charge in [0.15, 0.2) is 0 Å². The molecule has 0 aliphatic carbocycles. The molecule has 4 heteroatoms. The highest BCUT2D eigenvalue weighted by Gasteiger charge is 2.17. The molecule has 0 unspecified atom stereocenters. The Bertz CT molecular complexity index is 832. The molecule has 0 bridgehead atoms. The second-order valence-electron chi connectivity index (χ2n) is 6.12. The number of anilines is 1. The number of fused-ring (bicyclic) bond motifs is 2. The predicted molar refractivity (Wildman–Crippen MR) is 90.2 cm³/mol. The monoisotopic (exact) mass is 292 g/mol. The highest BCUT2D eigenvalue weighted by molar-refractivity contribution is 5.71. The number of benzene rings is 1. The van der Waals surface area contributed by atoms with E-state index in [0.717, 1.165) is 30.9 Å². The van der Waals surface area contributed by atoms with Gasteiger partial charge in [0.05, 0.1) is 11.4 Å². The third-order valence-corrected chi connectivity index (χ3v) is 4.18. The first-order valence-corrected chi connectivity index (χ1v) is 7.70. The van der Waals surface area contributed by atoms with Gasteiger partial charge in [-0.15, -0.1) is 0 Å². The van der Waals surface area contributed by atoms with E-state index in [1.165, 1.54) is 22.5 Å². The third kappa shape index (κ3) is 2.16. The second kappa shape index (κ2) is 5.14. The minimum atomic E-state index is 0.871. The summed E-state index contributed by atoms with van der Waals surface area (Å²) in [6.45, 7) is 1.91. The zero-order chi connectivity index (χ0) is 15.1. The standard InChI is InChI=1S/C18H20N4/c1-21(2)12-16-18(20-17-5-3-4-10-22(16)17)14-6-7-15-13(11-14)8-9-19-15/h3-7,10-11,19H,8-9,12H2,1-2H3. The van der Waals surface area contributed by atoms with Crippen LogP contribution in [0.15, 0.2) is 42.6 Å². The molecule has 0 spiro atoms. The van der Waals surface area contributed by atoms with Crippen LogP contribution in [-0.4, -0.2) is 34.9 Å². The first-order chi connectivity index (χ1) is 10.7. The Morgan fingerprint density at radius 2 is 2.14 bits per heavy atom. The van der Waals surface area contributed by atoms with E-state index in [1.807, 2.05) is 6.07 Å². The lowest BCUT2D eigenvalue weighted by atomic mass is 10.0. The van der Waals surface area contributed by atoms with Crippen LogP contribution in [0.4, 0.5) is 5.69 Å². The van der Waals surface area contributed by atoms with Gasteiger partial charge in [-0.1, -0.05) is 12.1 Å². The van der Waals surface area contributed by atoms with Crippen molar-refractivity contribution in [3.8, 4) is 11.3 Å². The molecule has 22 heavy (non-hydrogen) atoms. The fraction of sp³-hybridized carbons (Fsp3) is 0.278. The smallest absolute Gasteiger partial charge is 0.137 e. The molecule has 3 heterocycles. The number of nitrogens with zero attached hydrogens (tertiary/aromatic N) is 3. The molecule has 4 rings (SSSR count). The van der Waals surface area contributed by atoms with Crippen molar-refractivity contribution >= 4 is 11.3 Å². The maximum atomic E-state index is 4.88. The lowest BCUT2D eigenvalue weighted by Crippen LogP contribution is -2.13. The van der Waals surface area contributed by atoms with E-state index in [9.17, 15) is 0 Å². The van der Waals surface area contributed by atoms with Crippen molar-refractivity contribution in [2.24, 2.45) is 0 Å². The van der Waals surface area contributed by atoms with Gasteiger partial charge in [0.2, 0.25) is 0 Å². The van der Waals surface area contributed by atoms with Gasteiger partial charge in [0.25, 0.3) is 0 Å². The molecule has 0 radical (unpaired) electrons. The molecule has 2 aromatic heterocycles. The van der Waals surface area contributed by atoms with Crippen LogP contribution in [0, 0.1) is 0 Å². The summed E-state index contributed by atoms with van der Waals surface area (Å²) in [7, 11) is 4.19. The quantitative estimate of drug-likeness (QED) is 0.805. The van der Waals surface area contributed by atoms with Crippen LogP contribution in [0.25, 0.3) is 16.9 Å². The molecule has 112 valence electrons. The number of imidazole rings is 1. The Kier molecular flexibility index (Phi) is 3.12. The van der Waals surface area contributed by atoms with Crippen LogP contribution in [-0.2, 0) is 13.0 Å². The molecule has 0 atom stereocenters. The average molecular weight is 292 g/mol. The van der Waals surface area contributed by atoms with Crippen molar-refractivity contribution in [3.63, 3.8) is 0 Å². The Hall–Kier alpha value is -2.33. The third-order valence-electron chi connectivity index (χ3n) is 4.18. The van der Waals surface area contributed by atoms with Crippen molar-refractivity contribution in [3.05, 3.63) is 53.9 Å². The van der Waals surface area contributed by atoms with Crippen LogP contribution < -0.4 is 5.32 Å².